The molecule has 4 nitrogen and oxygen atoms in total. The van der Waals surface area contributed by atoms with Crippen molar-refractivity contribution in [1.29, 1.82) is 0 Å². The zero-order valence-electron chi connectivity index (χ0n) is 5.04. The monoisotopic (exact) mass is 141 g/mol. The minimum Gasteiger partial charge on any atom is -0.117 e. The van der Waals surface area contributed by atoms with Gasteiger partial charge in [0.05, 0.1) is 21.3 Å². The van der Waals surface area contributed by atoms with Crippen LogP contribution in [0.5, 0.6) is 0 Å². The molecule has 0 aromatic heterocycles. The molecule has 0 saturated heterocycles. The van der Waals surface area contributed by atoms with Gasteiger partial charge >= 0.3 is 10.8 Å². The van der Waals surface area contributed by atoms with Gasteiger partial charge < -0.3 is 0 Å². The zero-order valence-corrected chi connectivity index (χ0v) is 5.86. The van der Waals surface area contributed by atoms with Crippen LogP contribution in [0.25, 0.3) is 0 Å². The molecular weight excluding hydrogens is 132 g/mol. The van der Waals surface area contributed by atoms with E-state index >= 15 is 0 Å². The molecule has 0 aliphatic rings. The van der Waals surface area contributed by atoms with E-state index in [0.29, 0.717) is 0 Å². The molecule has 0 fully saturated rings. The predicted octanol–water partition coefficient (Wildman–Crippen LogP) is 0.170. The topological polar surface area (TPSA) is 44.8 Å². The standard InChI is InChI=1S/C3H9O4S/c1-5-8(4,6-2)7-3/h1-3H3/q+1. The molecule has 0 aliphatic heterocycles. The summed E-state index contributed by atoms with van der Waals surface area (Å²) in [5.41, 5.74) is 0. The van der Waals surface area contributed by atoms with E-state index in [2.05, 4.69) is 12.5 Å². The van der Waals surface area contributed by atoms with Gasteiger partial charge in [0.2, 0.25) is 0 Å². The van der Waals surface area contributed by atoms with Crippen LogP contribution in [0.1, 0.15) is 0 Å². The average Bonchev–Trinajstić information content (AvgIpc) is 1.87. The average molecular weight is 141 g/mol. The molecule has 0 aromatic rings. The lowest BCUT2D eigenvalue weighted by molar-refractivity contribution is 0.205. The first kappa shape index (κ1) is 8.03. The molecule has 0 rings (SSSR count). The second kappa shape index (κ2) is 3.13. The first-order valence-corrected chi connectivity index (χ1v) is 3.22. The highest BCUT2D eigenvalue weighted by molar-refractivity contribution is 7.89. The van der Waals surface area contributed by atoms with Crippen LogP contribution in [0, 0.1) is 0 Å². The summed E-state index contributed by atoms with van der Waals surface area (Å²) < 4.78 is 23.6. The molecule has 0 N–H and O–H groups in total. The maximum Gasteiger partial charge on any atom is 0.512 e. The van der Waals surface area contributed by atoms with E-state index in [-0.39, 0.29) is 0 Å². The molecule has 5 heteroatoms. The molecule has 0 bridgehead atoms. The molecule has 0 atom stereocenters. The largest absolute Gasteiger partial charge is 0.512 e. The van der Waals surface area contributed by atoms with Crippen LogP contribution >= 0.6 is 0 Å². The molecule has 0 radical (unpaired) electrons. The summed E-state index contributed by atoms with van der Waals surface area (Å²) >= 11 is 0. The third kappa shape index (κ3) is 1.87. The fourth-order valence-electron chi connectivity index (χ4n) is 0.204. The first-order chi connectivity index (χ1) is 3.68. The highest BCUT2D eigenvalue weighted by Crippen LogP contribution is 2.04. The minimum atomic E-state index is -2.90. The van der Waals surface area contributed by atoms with Crippen molar-refractivity contribution in [2.24, 2.45) is 0 Å². The Balaban J connectivity index is 3.79. The van der Waals surface area contributed by atoms with Crippen LogP contribution in [0.15, 0.2) is 0 Å². The van der Waals surface area contributed by atoms with Crippen molar-refractivity contribution >= 4 is 10.8 Å². The van der Waals surface area contributed by atoms with Gasteiger partial charge in [-0.15, -0.1) is 12.5 Å². The van der Waals surface area contributed by atoms with Crippen molar-refractivity contribution in [3.05, 3.63) is 0 Å². The van der Waals surface area contributed by atoms with Crippen LogP contribution < -0.4 is 0 Å². The molecule has 0 unspecified atom stereocenters. The maximum atomic E-state index is 10.6. The lowest BCUT2D eigenvalue weighted by Gasteiger charge is -1.96. The summed E-state index contributed by atoms with van der Waals surface area (Å²) in [6.45, 7) is 0. The molecule has 0 spiro atoms. The predicted molar refractivity (Wildman–Crippen MR) is 29.1 cm³/mol. The fourth-order valence-corrected chi connectivity index (χ4v) is 0.612. The van der Waals surface area contributed by atoms with Gasteiger partial charge in [0, 0.05) is 4.21 Å². The van der Waals surface area contributed by atoms with Gasteiger partial charge in [0.25, 0.3) is 0 Å². The van der Waals surface area contributed by atoms with Crippen molar-refractivity contribution < 1.29 is 16.8 Å². The molecule has 0 heterocycles. The summed E-state index contributed by atoms with van der Waals surface area (Å²) in [5, 5.41) is 0. The van der Waals surface area contributed by atoms with E-state index in [9.17, 15) is 4.21 Å². The summed E-state index contributed by atoms with van der Waals surface area (Å²) in [7, 11) is 0.833. The van der Waals surface area contributed by atoms with E-state index in [1.54, 1.807) is 0 Å². The molecule has 0 aliphatic carbocycles. The smallest absolute Gasteiger partial charge is 0.117 e. The van der Waals surface area contributed by atoms with Crippen LogP contribution in [0.3, 0.4) is 0 Å². The Morgan fingerprint density at radius 3 is 1.25 bits per heavy atom. The molecule has 0 saturated carbocycles. The van der Waals surface area contributed by atoms with Crippen molar-refractivity contribution in [1.82, 2.24) is 0 Å². The van der Waals surface area contributed by atoms with Crippen molar-refractivity contribution in [3.63, 3.8) is 0 Å². The molecular formula is C3H9O4S+. The Kier molecular flexibility index (Phi) is 3.15. The third-order valence-corrected chi connectivity index (χ3v) is 1.84. The highest BCUT2D eigenvalue weighted by Gasteiger charge is 2.28. The van der Waals surface area contributed by atoms with Crippen molar-refractivity contribution in [2.45, 2.75) is 0 Å². The van der Waals surface area contributed by atoms with Gasteiger partial charge in [0.15, 0.2) is 0 Å². The summed E-state index contributed by atoms with van der Waals surface area (Å²) in [4.78, 5) is 0. The quantitative estimate of drug-likeness (QED) is 0.525. The van der Waals surface area contributed by atoms with Crippen molar-refractivity contribution in [2.75, 3.05) is 21.3 Å². The second-order valence-electron chi connectivity index (χ2n) is 0.908. The van der Waals surface area contributed by atoms with E-state index in [1.165, 1.54) is 21.3 Å². The normalized spacial score (nSPS) is 11.9. The number of rotatable bonds is 3. The van der Waals surface area contributed by atoms with Crippen LogP contribution in [0.2, 0.25) is 0 Å². The van der Waals surface area contributed by atoms with Gasteiger partial charge in [-0.25, -0.2) is 0 Å². The van der Waals surface area contributed by atoms with E-state index < -0.39 is 10.8 Å². The minimum absolute atomic E-state index is 1.25. The second-order valence-corrected chi connectivity index (χ2v) is 2.72. The van der Waals surface area contributed by atoms with Crippen molar-refractivity contribution in [3.8, 4) is 0 Å². The third-order valence-electron chi connectivity index (χ3n) is 0.612. The SMILES string of the molecule is CO[S+](=O)(OC)OC. The van der Waals surface area contributed by atoms with E-state index in [1.807, 2.05) is 0 Å². The number of hydrogen-bond acceptors (Lipinski definition) is 4. The van der Waals surface area contributed by atoms with Gasteiger partial charge in [-0.2, -0.15) is 0 Å². The first-order valence-electron chi connectivity index (χ1n) is 1.89. The lowest BCUT2D eigenvalue weighted by atomic mass is 11.8. The van der Waals surface area contributed by atoms with Gasteiger partial charge in [-0.3, -0.25) is 0 Å². The Morgan fingerprint density at radius 1 is 1.00 bits per heavy atom. The highest BCUT2D eigenvalue weighted by atomic mass is 32.3. The Morgan fingerprint density at radius 2 is 1.25 bits per heavy atom. The van der Waals surface area contributed by atoms with E-state index in [0.717, 1.165) is 0 Å². The van der Waals surface area contributed by atoms with Crippen LogP contribution in [0.4, 0.5) is 0 Å². The Bertz CT molecular complexity index is 82.4. The van der Waals surface area contributed by atoms with Gasteiger partial charge in [-0.05, 0) is 0 Å². The molecule has 0 amide bonds. The molecule has 8 heavy (non-hydrogen) atoms. The summed E-state index contributed by atoms with van der Waals surface area (Å²) in [5.74, 6) is 0. The maximum absolute atomic E-state index is 10.6. The van der Waals surface area contributed by atoms with Gasteiger partial charge in [-0.1, -0.05) is 0 Å². The zero-order chi connectivity index (χ0) is 6.62. The lowest BCUT2D eigenvalue weighted by Crippen LogP contribution is -2.15. The summed E-state index contributed by atoms with van der Waals surface area (Å²) in [6.07, 6.45) is 0. The van der Waals surface area contributed by atoms with Crippen LogP contribution in [-0.4, -0.2) is 21.3 Å². The fraction of sp³-hybridized carbons (Fsp3) is 1.00. The van der Waals surface area contributed by atoms with Gasteiger partial charge in [0.1, 0.15) is 0 Å². The summed E-state index contributed by atoms with van der Waals surface area (Å²) in [6, 6.07) is 0. The Hall–Kier alpha value is 0.0300. The van der Waals surface area contributed by atoms with E-state index in [4.69, 9.17) is 0 Å². The van der Waals surface area contributed by atoms with Crippen LogP contribution in [-0.2, 0) is 27.5 Å². The Labute approximate surface area is 49.8 Å². The number of hydrogen-bond donors (Lipinski definition) is 0. The molecule has 50 valence electrons. The molecule has 0 aromatic carbocycles.